The maximum Gasteiger partial charge on any atom is 0.322 e. The Morgan fingerprint density at radius 2 is 1.67 bits per heavy atom. The highest BCUT2D eigenvalue weighted by Gasteiger charge is 2.27. The van der Waals surface area contributed by atoms with Gasteiger partial charge in [0.05, 0.1) is 5.69 Å². The third-order valence-electron chi connectivity index (χ3n) is 5.75. The van der Waals surface area contributed by atoms with Gasteiger partial charge in [-0.2, -0.15) is 0 Å². The summed E-state index contributed by atoms with van der Waals surface area (Å²) in [6.45, 7) is 2.59. The molecule has 0 aliphatic carbocycles. The zero-order valence-corrected chi connectivity index (χ0v) is 17.4. The number of para-hydroxylation sites is 1. The molecule has 0 radical (unpaired) electrons. The molecule has 154 valence electrons. The van der Waals surface area contributed by atoms with E-state index in [4.69, 9.17) is 0 Å². The Morgan fingerprint density at radius 3 is 2.40 bits per heavy atom. The zero-order valence-electron chi connectivity index (χ0n) is 17.4. The molecule has 30 heavy (non-hydrogen) atoms. The molecule has 1 saturated heterocycles. The van der Waals surface area contributed by atoms with Crippen LogP contribution in [0.25, 0.3) is 11.1 Å². The van der Waals surface area contributed by atoms with Gasteiger partial charge >= 0.3 is 6.03 Å². The van der Waals surface area contributed by atoms with Crippen molar-refractivity contribution in [2.75, 3.05) is 25.5 Å². The highest BCUT2D eigenvalue weighted by Crippen LogP contribution is 2.28. The number of rotatable bonds is 5. The van der Waals surface area contributed by atoms with Gasteiger partial charge in [-0.25, -0.2) is 4.79 Å². The van der Waals surface area contributed by atoms with E-state index in [0.717, 1.165) is 48.3 Å². The first kappa shape index (κ1) is 20.1. The van der Waals surface area contributed by atoms with Crippen molar-refractivity contribution in [3.63, 3.8) is 0 Å². The van der Waals surface area contributed by atoms with Crippen LogP contribution in [0.5, 0.6) is 0 Å². The summed E-state index contributed by atoms with van der Waals surface area (Å²) in [4.78, 5) is 21.9. The minimum atomic E-state index is -0.0512. The van der Waals surface area contributed by atoms with E-state index in [2.05, 4.69) is 34.4 Å². The molecular formula is C25H28N4O. The van der Waals surface area contributed by atoms with Crippen molar-refractivity contribution in [2.24, 2.45) is 0 Å². The summed E-state index contributed by atoms with van der Waals surface area (Å²) in [6.07, 6.45) is 5.53. The smallest absolute Gasteiger partial charge is 0.317 e. The van der Waals surface area contributed by atoms with Crippen molar-refractivity contribution in [2.45, 2.75) is 25.4 Å². The largest absolute Gasteiger partial charge is 0.322 e. The molecule has 0 saturated carbocycles. The first-order valence-electron chi connectivity index (χ1n) is 10.5. The number of amides is 2. The monoisotopic (exact) mass is 400 g/mol. The van der Waals surface area contributed by atoms with Crippen molar-refractivity contribution in [3.8, 4) is 11.1 Å². The number of urea groups is 1. The normalized spacial score (nSPS) is 15.0. The molecule has 1 fully saturated rings. The van der Waals surface area contributed by atoms with E-state index in [0.29, 0.717) is 6.54 Å². The van der Waals surface area contributed by atoms with Crippen molar-refractivity contribution < 1.29 is 4.79 Å². The predicted octanol–water partition coefficient (Wildman–Crippen LogP) is 4.88. The first-order chi connectivity index (χ1) is 14.7. The van der Waals surface area contributed by atoms with Crippen LogP contribution in [-0.2, 0) is 6.54 Å². The molecule has 4 rings (SSSR count). The lowest BCUT2D eigenvalue weighted by atomic mass is 10.0. The third-order valence-corrected chi connectivity index (χ3v) is 5.75. The van der Waals surface area contributed by atoms with Crippen LogP contribution < -0.4 is 5.32 Å². The Morgan fingerprint density at radius 1 is 1.00 bits per heavy atom. The molecule has 2 heterocycles. The molecule has 1 aliphatic rings. The van der Waals surface area contributed by atoms with Crippen molar-refractivity contribution in [3.05, 3.63) is 84.7 Å². The summed E-state index contributed by atoms with van der Waals surface area (Å²) in [7, 11) is 2.14. The minimum Gasteiger partial charge on any atom is -0.317 e. The number of carbonyl (C=O) groups excluding carboxylic acids is 1. The number of benzene rings is 2. The van der Waals surface area contributed by atoms with Gasteiger partial charge in [-0.15, -0.1) is 0 Å². The fourth-order valence-corrected chi connectivity index (χ4v) is 4.01. The van der Waals surface area contributed by atoms with Gasteiger partial charge in [-0.1, -0.05) is 48.5 Å². The summed E-state index contributed by atoms with van der Waals surface area (Å²) >= 11 is 0. The number of aromatic nitrogens is 1. The molecule has 0 atom stereocenters. The summed E-state index contributed by atoms with van der Waals surface area (Å²) in [5.41, 5.74) is 4.05. The Labute approximate surface area is 178 Å². The van der Waals surface area contributed by atoms with Crippen LogP contribution in [-0.4, -0.2) is 47.0 Å². The molecule has 1 N–H and O–H groups in total. The molecule has 5 nitrogen and oxygen atoms in total. The van der Waals surface area contributed by atoms with Gasteiger partial charge in [0.1, 0.15) is 0 Å². The summed E-state index contributed by atoms with van der Waals surface area (Å²) in [5.74, 6) is 0. The van der Waals surface area contributed by atoms with Crippen molar-refractivity contribution in [1.29, 1.82) is 0 Å². The van der Waals surface area contributed by atoms with Gasteiger partial charge in [-0.05, 0) is 62.3 Å². The SMILES string of the molecule is CN1CCC(N(Cc2ccncc2)C(=O)Nc2ccccc2-c2ccccc2)CC1. The predicted molar refractivity (Wildman–Crippen MR) is 121 cm³/mol. The first-order valence-corrected chi connectivity index (χ1v) is 10.5. The summed E-state index contributed by atoms with van der Waals surface area (Å²) < 4.78 is 0. The van der Waals surface area contributed by atoms with Crippen molar-refractivity contribution >= 4 is 11.7 Å². The van der Waals surface area contributed by atoms with Gasteiger partial charge in [0.15, 0.2) is 0 Å². The van der Waals surface area contributed by atoms with E-state index in [1.54, 1.807) is 12.4 Å². The Hall–Kier alpha value is -3.18. The van der Waals surface area contributed by atoms with E-state index in [1.807, 2.05) is 59.5 Å². The second-order valence-electron chi connectivity index (χ2n) is 7.86. The van der Waals surface area contributed by atoms with Crippen LogP contribution >= 0.6 is 0 Å². The molecule has 3 aromatic rings. The van der Waals surface area contributed by atoms with Crippen molar-refractivity contribution in [1.82, 2.24) is 14.8 Å². The van der Waals surface area contributed by atoms with E-state index >= 15 is 0 Å². The molecule has 0 unspecified atom stereocenters. The number of pyridine rings is 1. The van der Waals surface area contributed by atoms with E-state index in [1.165, 1.54) is 0 Å². The average Bonchev–Trinajstić information content (AvgIpc) is 2.80. The maximum absolute atomic E-state index is 13.5. The highest BCUT2D eigenvalue weighted by atomic mass is 16.2. The molecule has 0 bridgehead atoms. The Kier molecular flexibility index (Phi) is 6.40. The quantitative estimate of drug-likeness (QED) is 0.664. The number of hydrogen-bond donors (Lipinski definition) is 1. The van der Waals surface area contributed by atoms with Gasteiger partial charge in [0, 0.05) is 30.5 Å². The topological polar surface area (TPSA) is 48.5 Å². The summed E-state index contributed by atoms with van der Waals surface area (Å²) in [6, 6.07) is 22.3. The van der Waals surface area contributed by atoms with Gasteiger partial charge in [0.2, 0.25) is 0 Å². The maximum atomic E-state index is 13.5. The van der Waals surface area contributed by atoms with Gasteiger partial charge in [-0.3, -0.25) is 4.98 Å². The van der Waals surface area contributed by atoms with Crippen LogP contribution in [0.2, 0.25) is 0 Å². The van der Waals surface area contributed by atoms with E-state index in [9.17, 15) is 4.79 Å². The minimum absolute atomic E-state index is 0.0512. The van der Waals surface area contributed by atoms with Gasteiger partial charge < -0.3 is 15.1 Å². The van der Waals surface area contributed by atoms with Crippen LogP contribution in [0.15, 0.2) is 79.1 Å². The lowest BCUT2D eigenvalue weighted by Gasteiger charge is -2.37. The fourth-order valence-electron chi connectivity index (χ4n) is 4.01. The van der Waals surface area contributed by atoms with E-state index < -0.39 is 0 Å². The second-order valence-corrected chi connectivity index (χ2v) is 7.86. The standard InChI is InChI=1S/C25H28N4O/c1-28-17-13-22(14-18-28)29(19-20-11-15-26-16-12-20)25(30)27-24-10-6-5-9-23(24)21-7-3-2-4-8-21/h2-12,15-16,22H,13-14,17-19H2,1H3,(H,27,30). The molecule has 5 heteroatoms. The lowest BCUT2D eigenvalue weighted by molar-refractivity contribution is 0.135. The van der Waals surface area contributed by atoms with Crippen LogP contribution in [0.4, 0.5) is 10.5 Å². The molecule has 2 amide bonds. The number of likely N-dealkylation sites (tertiary alicyclic amines) is 1. The number of piperidine rings is 1. The van der Waals surface area contributed by atoms with Crippen LogP contribution in [0.3, 0.4) is 0 Å². The Bertz CT molecular complexity index is 953. The lowest BCUT2D eigenvalue weighted by Crippen LogP contribution is -2.47. The molecule has 1 aliphatic heterocycles. The van der Waals surface area contributed by atoms with E-state index in [-0.39, 0.29) is 12.1 Å². The summed E-state index contributed by atoms with van der Waals surface area (Å²) in [5, 5.41) is 3.20. The average molecular weight is 401 g/mol. The number of anilines is 1. The molecule has 2 aromatic carbocycles. The molecule has 1 aromatic heterocycles. The highest BCUT2D eigenvalue weighted by molar-refractivity contribution is 5.94. The molecular weight excluding hydrogens is 372 g/mol. The molecule has 0 spiro atoms. The zero-order chi connectivity index (χ0) is 20.8. The van der Waals surface area contributed by atoms with Gasteiger partial charge in [0.25, 0.3) is 0 Å². The second kappa shape index (κ2) is 9.55. The number of nitrogens with zero attached hydrogens (tertiary/aromatic N) is 3. The Balaban J connectivity index is 1.58. The number of hydrogen-bond acceptors (Lipinski definition) is 3. The van der Waals surface area contributed by atoms with Crippen LogP contribution in [0, 0.1) is 0 Å². The number of carbonyl (C=O) groups is 1. The van der Waals surface area contributed by atoms with Crippen LogP contribution in [0.1, 0.15) is 18.4 Å². The third kappa shape index (κ3) is 4.86. The fraction of sp³-hybridized carbons (Fsp3) is 0.280. The number of nitrogens with one attached hydrogen (secondary N) is 1.